The summed E-state index contributed by atoms with van der Waals surface area (Å²) in [5.41, 5.74) is -1.27. The van der Waals surface area contributed by atoms with Gasteiger partial charge in [0.15, 0.2) is 10.8 Å². The topological polar surface area (TPSA) is 84.7 Å². The number of rotatable bonds is 4. The van der Waals surface area contributed by atoms with Crippen molar-refractivity contribution in [2.45, 2.75) is 25.4 Å². The van der Waals surface area contributed by atoms with E-state index in [1.165, 1.54) is 23.7 Å². The van der Waals surface area contributed by atoms with Crippen LogP contribution in [-0.4, -0.2) is 45.2 Å². The second-order valence-corrected chi connectivity index (χ2v) is 7.65. The number of nitrogens with zero attached hydrogens (tertiary/aromatic N) is 5. The number of nitrogens with one attached hydrogen (secondary N) is 1. The van der Waals surface area contributed by atoms with Gasteiger partial charge in [0.1, 0.15) is 5.02 Å². The van der Waals surface area contributed by atoms with Gasteiger partial charge in [0.05, 0.1) is 34.9 Å². The van der Waals surface area contributed by atoms with Gasteiger partial charge in [-0.1, -0.05) is 23.2 Å². The third-order valence-electron chi connectivity index (χ3n) is 4.74. The number of urea groups is 1. The second kappa shape index (κ2) is 7.68. The summed E-state index contributed by atoms with van der Waals surface area (Å²) in [4.78, 5) is 21.7. The molecule has 14 heteroatoms. The maximum absolute atomic E-state index is 14.0. The van der Waals surface area contributed by atoms with E-state index in [1.807, 2.05) is 0 Å². The first-order valence-electron chi connectivity index (χ1n) is 8.62. The van der Waals surface area contributed by atoms with Crippen LogP contribution in [0.4, 0.5) is 33.7 Å². The van der Waals surface area contributed by atoms with E-state index in [9.17, 15) is 22.4 Å². The zero-order valence-electron chi connectivity index (χ0n) is 15.5. The number of carbonyl (C=O) groups is 1. The van der Waals surface area contributed by atoms with E-state index in [0.29, 0.717) is 0 Å². The zero-order valence-corrected chi connectivity index (χ0v) is 17.0. The molecular formula is C17H12Cl2F4N6O2. The van der Waals surface area contributed by atoms with Crippen LogP contribution in [0, 0.1) is 0 Å². The molecule has 0 fully saturated rings. The quantitative estimate of drug-likeness (QED) is 0.553. The molecule has 0 radical (unpaired) electrons. The molecular weight excluding hydrogens is 467 g/mol. The van der Waals surface area contributed by atoms with Crippen LogP contribution in [0.2, 0.25) is 10.2 Å². The van der Waals surface area contributed by atoms with Crippen molar-refractivity contribution >= 4 is 46.3 Å². The van der Waals surface area contributed by atoms with E-state index in [-0.39, 0.29) is 39.4 Å². The van der Waals surface area contributed by atoms with Crippen LogP contribution in [-0.2, 0) is 5.41 Å². The fraction of sp³-hybridized carbons (Fsp3) is 0.294. The van der Waals surface area contributed by atoms with Gasteiger partial charge in [0.25, 0.3) is 6.43 Å². The summed E-state index contributed by atoms with van der Waals surface area (Å²) in [5, 5.41) is 6.25. The number of pyridine rings is 1. The van der Waals surface area contributed by atoms with E-state index < -0.39 is 30.4 Å². The lowest BCUT2D eigenvalue weighted by molar-refractivity contribution is -0.0527. The van der Waals surface area contributed by atoms with Crippen LogP contribution >= 0.6 is 23.2 Å². The molecule has 4 heterocycles. The highest BCUT2D eigenvalue weighted by molar-refractivity contribution is 6.32. The molecule has 0 saturated carbocycles. The van der Waals surface area contributed by atoms with Crippen LogP contribution < -0.4 is 15.0 Å². The molecule has 164 valence electrons. The number of amides is 2. The van der Waals surface area contributed by atoms with Gasteiger partial charge in [0, 0.05) is 12.6 Å². The van der Waals surface area contributed by atoms with E-state index >= 15 is 0 Å². The first-order chi connectivity index (χ1) is 14.6. The Kier molecular flexibility index (Phi) is 5.30. The fourth-order valence-corrected chi connectivity index (χ4v) is 3.71. The highest BCUT2D eigenvalue weighted by atomic mass is 35.5. The Labute approximate surface area is 181 Å². The molecule has 0 bridgehead atoms. The van der Waals surface area contributed by atoms with Gasteiger partial charge in [-0.05, 0) is 13.0 Å². The maximum atomic E-state index is 14.0. The van der Waals surface area contributed by atoms with Crippen molar-refractivity contribution in [3.05, 3.63) is 40.4 Å². The Balaban J connectivity index is 1.68. The van der Waals surface area contributed by atoms with Gasteiger partial charge < -0.3 is 10.1 Å². The first-order valence-corrected chi connectivity index (χ1v) is 9.37. The van der Waals surface area contributed by atoms with Crippen molar-refractivity contribution < 1.29 is 27.1 Å². The lowest BCUT2D eigenvalue weighted by Gasteiger charge is -2.24. The normalized spacial score (nSPS) is 18.2. The van der Waals surface area contributed by atoms with Crippen molar-refractivity contribution in [1.82, 2.24) is 19.6 Å². The highest BCUT2D eigenvalue weighted by Gasteiger charge is 2.50. The highest BCUT2D eigenvalue weighted by Crippen LogP contribution is 2.44. The molecule has 4 rings (SSSR count). The number of aromatic nitrogens is 4. The Morgan fingerprint density at radius 3 is 2.61 bits per heavy atom. The van der Waals surface area contributed by atoms with Crippen LogP contribution in [0.3, 0.4) is 0 Å². The number of carbonyl (C=O) groups excluding carboxylic acids is 1. The first kappa shape index (κ1) is 21.4. The summed E-state index contributed by atoms with van der Waals surface area (Å²) in [6.07, 6.45) is -0.514. The number of hydrogen-bond acceptors (Lipinski definition) is 5. The van der Waals surface area contributed by atoms with E-state index in [4.69, 9.17) is 23.2 Å². The van der Waals surface area contributed by atoms with Crippen molar-refractivity contribution in [3.63, 3.8) is 0 Å². The molecule has 1 aliphatic heterocycles. The van der Waals surface area contributed by atoms with Crippen molar-refractivity contribution in [1.29, 1.82) is 0 Å². The molecule has 1 atom stereocenters. The van der Waals surface area contributed by atoms with E-state index in [0.717, 1.165) is 17.2 Å². The summed E-state index contributed by atoms with van der Waals surface area (Å²) in [7, 11) is 0. The van der Waals surface area contributed by atoms with Crippen LogP contribution in [0.25, 0.3) is 5.65 Å². The average molecular weight is 479 g/mol. The number of anilines is 2. The lowest BCUT2D eigenvalue weighted by atomic mass is 9.89. The van der Waals surface area contributed by atoms with Gasteiger partial charge in [-0.25, -0.2) is 28.1 Å². The maximum Gasteiger partial charge on any atom is 0.388 e. The van der Waals surface area contributed by atoms with Crippen molar-refractivity contribution in [2.75, 3.05) is 16.8 Å². The summed E-state index contributed by atoms with van der Waals surface area (Å²) >= 11 is 11.7. The second-order valence-electron chi connectivity index (χ2n) is 6.85. The minimum absolute atomic E-state index is 0.0417. The number of alkyl halides is 4. The Bertz CT molecular complexity index is 1180. The standard InChI is InChI=1S/C17H12Cl2F4N6O2/c1-17(14(20)21)6-28(9-5-24-11-3-10(19)27-29(11)12(9)17)16(30)26-7-2-8(18)13(25-4-7)31-15(22)23/h2-5,14-15H,6H2,1H3,(H,26,30). The Morgan fingerprint density at radius 1 is 1.23 bits per heavy atom. The minimum Gasteiger partial charge on any atom is -0.415 e. The monoisotopic (exact) mass is 478 g/mol. The molecule has 8 nitrogen and oxygen atoms in total. The summed E-state index contributed by atoms with van der Waals surface area (Å²) in [6.45, 7) is -2.20. The van der Waals surface area contributed by atoms with Crippen molar-refractivity contribution in [2.24, 2.45) is 0 Å². The molecule has 31 heavy (non-hydrogen) atoms. The van der Waals surface area contributed by atoms with Gasteiger partial charge >= 0.3 is 12.6 Å². The van der Waals surface area contributed by atoms with E-state index in [1.54, 1.807) is 0 Å². The zero-order chi connectivity index (χ0) is 22.5. The van der Waals surface area contributed by atoms with Gasteiger partial charge in [-0.2, -0.15) is 13.9 Å². The number of hydrogen-bond donors (Lipinski definition) is 1. The van der Waals surface area contributed by atoms with Crippen molar-refractivity contribution in [3.8, 4) is 5.88 Å². The predicted octanol–water partition coefficient (Wildman–Crippen LogP) is 4.61. The van der Waals surface area contributed by atoms with Crippen LogP contribution in [0.1, 0.15) is 12.6 Å². The number of ether oxygens (including phenoxy) is 1. The molecule has 1 unspecified atom stereocenters. The lowest BCUT2D eigenvalue weighted by Crippen LogP contribution is -2.41. The SMILES string of the molecule is CC1(C(F)F)CN(C(=O)Nc2cnc(OC(F)F)c(Cl)c2)c2cnc3cc(Cl)nn3c21. The molecule has 0 aromatic carbocycles. The van der Waals surface area contributed by atoms with Gasteiger partial charge in [0.2, 0.25) is 5.88 Å². The number of fused-ring (bicyclic) bond motifs is 3. The average Bonchev–Trinajstić information content (AvgIpc) is 3.21. The van der Waals surface area contributed by atoms with Crippen LogP contribution in [0.5, 0.6) is 5.88 Å². The molecule has 0 spiro atoms. The third kappa shape index (κ3) is 3.69. The molecule has 0 aliphatic carbocycles. The fourth-order valence-electron chi connectivity index (χ4n) is 3.33. The van der Waals surface area contributed by atoms with Crippen LogP contribution in [0.15, 0.2) is 24.5 Å². The summed E-state index contributed by atoms with van der Waals surface area (Å²) in [6, 6.07) is 1.76. The van der Waals surface area contributed by atoms with E-state index in [2.05, 4.69) is 25.1 Å². The Hall–Kier alpha value is -2.86. The molecule has 1 aliphatic rings. The summed E-state index contributed by atoms with van der Waals surface area (Å²) in [5.74, 6) is -0.520. The molecule has 2 amide bonds. The smallest absolute Gasteiger partial charge is 0.388 e. The molecule has 3 aromatic rings. The minimum atomic E-state index is -3.13. The molecule has 1 N–H and O–H groups in total. The Morgan fingerprint density at radius 2 is 1.97 bits per heavy atom. The molecule has 3 aromatic heterocycles. The third-order valence-corrected chi connectivity index (χ3v) is 5.19. The van der Waals surface area contributed by atoms with Gasteiger partial charge in [-0.3, -0.25) is 4.90 Å². The summed E-state index contributed by atoms with van der Waals surface area (Å²) < 4.78 is 58.1. The number of halogens is 6. The predicted molar refractivity (Wildman–Crippen MR) is 104 cm³/mol. The molecule has 0 saturated heterocycles. The van der Waals surface area contributed by atoms with Gasteiger partial charge in [-0.15, -0.1) is 0 Å². The largest absolute Gasteiger partial charge is 0.415 e.